The van der Waals surface area contributed by atoms with Gasteiger partial charge in [-0.3, -0.25) is 0 Å². The van der Waals surface area contributed by atoms with Crippen molar-refractivity contribution in [3.63, 3.8) is 0 Å². The molecule has 1 heterocycles. The van der Waals surface area contributed by atoms with E-state index in [-0.39, 0.29) is 6.79 Å². The Hall–Kier alpha value is -2.86. The van der Waals surface area contributed by atoms with Gasteiger partial charge in [0.1, 0.15) is 6.61 Å². The van der Waals surface area contributed by atoms with Gasteiger partial charge in [0, 0.05) is 18.3 Å². The van der Waals surface area contributed by atoms with Gasteiger partial charge in [0.15, 0.2) is 23.0 Å². The fourth-order valence-corrected chi connectivity index (χ4v) is 3.56. The van der Waals surface area contributed by atoms with Crippen molar-refractivity contribution in [2.45, 2.75) is 13.2 Å². The average molecular weight is 442 g/mol. The maximum atomic E-state index is 5.99. The molecule has 1 N–H and O–H groups in total. The summed E-state index contributed by atoms with van der Waals surface area (Å²) in [5, 5.41) is 3.39. The Morgan fingerprint density at radius 1 is 0.964 bits per heavy atom. The van der Waals surface area contributed by atoms with Crippen LogP contribution in [-0.4, -0.2) is 13.9 Å². The summed E-state index contributed by atoms with van der Waals surface area (Å²) < 4.78 is 23.2. The topological polar surface area (TPSA) is 49.0 Å². The Kier molecular flexibility index (Phi) is 5.58. The molecule has 0 saturated heterocycles. The van der Waals surface area contributed by atoms with Gasteiger partial charge < -0.3 is 24.3 Å². The highest BCUT2D eigenvalue weighted by molar-refractivity contribution is 9.10. The van der Waals surface area contributed by atoms with Gasteiger partial charge in [0.2, 0.25) is 6.79 Å². The van der Waals surface area contributed by atoms with Crippen LogP contribution in [0.2, 0.25) is 0 Å². The summed E-state index contributed by atoms with van der Waals surface area (Å²) in [4.78, 5) is 0. The summed E-state index contributed by atoms with van der Waals surface area (Å²) in [7, 11) is 1.65. The fourth-order valence-electron chi connectivity index (χ4n) is 2.96. The quantitative estimate of drug-likeness (QED) is 0.533. The summed E-state index contributed by atoms with van der Waals surface area (Å²) in [5.74, 6) is 2.91. The van der Waals surface area contributed by atoms with Gasteiger partial charge in [-0.2, -0.15) is 0 Å². The van der Waals surface area contributed by atoms with Crippen molar-refractivity contribution >= 4 is 21.6 Å². The van der Waals surface area contributed by atoms with Crippen LogP contribution in [0.15, 0.2) is 65.1 Å². The number of hydrogen-bond donors (Lipinski definition) is 1. The first-order valence-corrected chi connectivity index (χ1v) is 9.69. The van der Waals surface area contributed by atoms with Gasteiger partial charge in [0.25, 0.3) is 0 Å². The van der Waals surface area contributed by atoms with Gasteiger partial charge in [-0.1, -0.05) is 30.3 Å². The number of methoxy groups -OCH3 is 1. The molecule has 4 rings (SSSR count). The third-order valence-corrected chi connectivity index (χ3v) is 4.97. The van der Waals surface area contributed by atoms with Gasteiger partial charge in [-0.05, 0) is 51.3 Å². The van der Waals surface area contributed by atoms with E-state index in [0.29, 0.717) is 24.7 Å². The van der Waals surface area contributed by atoms with Crippen molar-refractivity contribution < 1.29 is 18.9 Å². The largest absolute Gasteiger partial charge is 0.493 e. The summed E-state index contributed by atoms with van der Waals surface area (Å²) in [5.41, 5.74) is 3.13. The average Bonchev–Trinajstić information content (AvgIpc) is 3.19. The number of hydrogen-bond acceptors (Lipinski definition) is 5. The van der Waals surface area contributed by atoms with Crippen LogP contribution in [0.25, 0.3) is 0 Å². The highest BCUT2D eigenvalue weighted by Crippen LogP contribution is 2.38. The summed E-state index contributed by atoms with van der Waals surface area (Å²) in [6.07, 6.45) is 0. The normalized spacial score (nSPS) is 11.9. The van der Waals surface area contributed by atoms with E-state index in [4.69, 9.17) is 18.9 Å². The molecule has 3 aromatic carbocycles. The lowest BCUT2D eigenvalue weighted by molar-refractivity contribution is 0.174. The second-order valence-electron chi connectivity index (χ2n) is 6.30. The van der Waals surface area contributed by atoms with Gasteiger partial charge >= 0.3 is 0 Å². The van der Waals surface area contributed by atoms with Crippen molar-refractivity contribution in [1.29, 1.82) is 0 Å². The first-order valence-electron chi connectivity index (χ1n) is 8.89. The SMILES string of the molecule is COc1cc(CNc2ccc3c(c2)OCO3)cc(Br)c1OCc1ccccc1. The molecule has 0 saturated carbocycles. The number of fused-ring (bicyclic) bond motifs is 1. The zero-order valence-corrected chi connectivity index (χ0v) is 17.0. The molecule has 28 heavy (non-hydrogen) atoms. The molecule has 1 aliphatic heterocycles. The lowest BCUT2D eigenvalue weighted by Gasteiger charge is -2.15. The van der Waals surface area contributed by atoms with E-state index in [9.17, 15) is 0 Å². The number of halogens is 1. The molecule has 0 radical (unpaired) electrons. The minimum atomic E-state index is 0.271. The summed E-state index contributed by atoms with van der Waals surface area (Å²) >= 11 is 3.61. The molecule has 0 unspecified atom stereocenters. The molecular formula is C22H20BrNO4. The predicted octanol–water partition coefficient (Wildman–Crippen LogP) is 5.38. The van der Waals surface area contributed by atoms with Crippen LogP contribution in [0.5, 0.6) is 23.0 Å². The van der Waals surface area contributed by atoms with Crippen molar-refractivity contribution in [2.24, 2.45) is 0 Å². The van der Waals surface area contributed by atoms with Crippen LogP contribution in [0, 0.1) is 0 Å². The lowest BCUT2D eigenvalue weighted by Crippen LogP contribution is -2.03. The number of ether oxygens (including phenoxy) is 4. The Balaban J connectivity index is 1.45. The molecule has 0 bridgehead atoms. The van der Waals surface area contributed by atoms with Crippen molar-refractivity contribution in [3.05, 3.63) is 76.3 Å². The maximum absolute atomic E-state index is 5.99. The van der Waals surface area contributed by atoms with E-state index in [1.54, 1.807) is 7.11 Å². The fraction of sp³-hybridized carbons (Fsp3) is 0.182. The Bertz CT molecular complexity index is 962. The van der Waals surface area contributed by atoms with Crippen LogP contribution < -0.4 is 24.3 Å². The molecule has 0 spiro atoms. The first-order chi connectivity index (χ1) is 13.7. The zero-order chi connectivity index (χ0) is 19.3. The standard InChI is InChI=1S/C22H20BrNO4/c1-25-21-10-16(12-24-17-7-8-19-20(11-17)28-14-27-19)9-18(23)22(21)26-13-15-5-3-2-4-6-15/h2-11,24H,12-14H2,1H3. The van der Waals surface area contributed by atoms with Crippen molar-refractivity contribution in [3.8, 4) is 23.0 Å². The second-order valence-corrected chi connectivity index (χ2v) is 7.16. The zero-order valence-electron chi connectivity index (χ0n) is 15.4. The molecule has 0 fully saturated rings. The second kappa shape index (κ2) is 8.44. The Labute approximate surface area is 172 Å². The monoisotopic (exact) mass is 441 g/mol. The van der Waals surface area contributed by atoms with E-state index >= 15 is 0 Å². The van der Waals surface area contributed by atoms with Crippen LogP contribution in [-0.2, 0) is 13.2 Å². The molecule has 0 atom stereocenters. The van der Waals surface area contributed by atoms with E-state index in [1.807, 2.05) is 60.7 Å². The molecule has 6 heteroatoms. The molecular weight excluding hydrogens is 422 g/mol. The number of nitrogens with one attached hydrogen (secondary N) is 1. The third-order valence-electron chi connectivity index (χ3n) is 4.38. The molecule has 3 aromatic rings. The highest BCUT2D eigenvalue weighted by Gasteiger charge is 2.14. The number of anilines is 1. The van der Waals surface area contributed by atoms with Crippen LogP contribution in [0.3, 0.4) is 0 Å². The summed E-state index contributed by atoms with van der Waals surface area (Å²) in [6, 6.07) is 19.9. The molecule has 5 nitrogen and oxygen atoms in total. The van der Waals surface area contributed by atoms with E-state index in [1.165, 1.54) is 0 Å². The first kappa shape index (κ1) is 18.5. The van der Waals surface area contributed by atoms with Crippen molar-refractivity contribution in [2.75, 3.05) is 19.2 Å². The molecule has 1 aliphatic rings. The molecule has 0 aliphatic carbocycles. The van der Waals surface area contributed by atoms with Gasteiger partial charge in [-0.15, -0.1) is 0 Å². The Morgan fingerprint density at radius 2 is 1.79 bits per heavy atom. The minimum Gasteiger partial charge on any atom is -0.493 e. The molecule has 0 aromatic heterocycles. The third kappa shape index (κ3) is 4.17. The van der Waals surface area contributed by atoms with E-state index in [0.717, 1.165) is 32.8 Å². The summed E-state index contributed by atoms with van der Waals surface area (Å²) in [6.45, 7) is 1.38. The Morgan fingerprint density at radius 3 is 2.61 bits per heavy atom. The maximum Gasteiger partial charge on any atom is 0.231 e. The lowest BCUT2D eigenvalue weighted by atomic mass is 10.2. The van der Waals surface area contributed by atoms with Gasteiger partial charge in [-0.25, -0.2) is 0 Å². The van der Waals surface area contributed by atoms with Crippen LogP contribution in [0.4, 0.5) is 5.69 Å². The van der Waals surface area contributed by atoms with E-state index in [2.05, 4.69) is 21.2 Å². The number of rotatable bonds is 7. The van der Waals surface area contributed by atoms with Crippen molar-refractivity contribution in [1.82, 2.24) is 0 Å². The van der Waals surface area contributed by atoms with Crippen LogP contribution in [0.1, 0.15) is 11.1 Å². The van der Waals surface area contributed by atoms with E-state index < -0.39 is 0 Å². The van der Waals surface area contributed by atoms with Gasteiger partial charge in [0.05, 0.1) is 11.6 Å². The smallest absolute Gasteiger partial charge is 0.231 e. The minimum absolute atomic E-state index is 0.271. The predicted molar refractivity (Wildman–Crippen MR) is 111 cm³/mol. The molecule has 0 amide bonds. The number of benzene rings is 3. The van der Waals surface area contributed by atoms with Crippen LogP contribution >= 0.6 is 15.9 Å². The highest BCUT2D eigenvalue weighted by atomic mass is 79.9. The molecule has 144 valence electrons.